The number of hydrogen-bond acceptors (Lipinski definition) is 2. The van der Waals surface area contributed by atoms with Crippen LogP contribution >= 0.6 is 0 Å². The van der Waals surface area contributed by atoms with E-state index in [0.717, 1.165) is 24.9 Å². The number of aromatic nitrogens is 1. The highest BCUT2D eigenvalue weighted by molar-refractivity contribution is 5.91. The van der Waals surface area contributed by atoms with Gasteiger partial charge >= 0.3 is 0 Å². The highest BCUT2D eigenvalue weighted by Gasteiger charge is 2.08. The van der Waals surface area contributed by atoms with Crippen molar-refractivity contribution < 1.29 is 9.18 Å². The lowest BCUT2D eigenvalue weighted by atomic mass is 10.1. The third-order valence-corrected chi connectivity index (χ3v) is 4.31. The van der Waals surface area contributed by atoms with Crippen molar-refractivity contribution in [2.24, 2.45) is 0 Å². The van der Waals surface area contributed by atoms with Gasteiger partial charge in [-0.2, -0.15) is 0 Å². The molecule has 3 rings (SSSR count). The molecule has 0 saturated heterocycles. The van der Waals surface area contributed by atoms with Gasteiger partial charge in [-0.05, 0) is 48.7 Å². The average molecular weight is 352 g/mol. The van der Waals surface area contributed by atoms with Gasteiger partial charge in [0.1, 0.15) is 12.4 Å². The Kier molecular flexibility index (Phi) is 5.46. The van der Waals surface area contributed by atoms with E-state index >= 15 is 0 Å². The van der Waals surface area contributed by atoms with Crippen molar-refractivity contribution in [2.45, 2.75) is 32.7 Å². The van der Waals surface area contributed by atoms with E-state index in [1.807, 2.05) is 24.3 Å². The van der Waals surface area contributed by atoms with Gasteiger partial charge in [0.2, 0.25) is 5.91 Å². The molecule has 0 radical (unpaired) electrons. The van der Waals surface area contributed by atoms with Crippen LogP contribution in [0.1, 0.15) is 25.3 Å². The third-order valence-electron chi connectivity index (χ3n) is 4.31. The van der Waals surface area contributed by atoms with Crippen LogP contribution in [-0.2, 0) is 17.8 Å². The van der Waals surface area contributed by atoms with E-state index in [9.17, 15) is 14.0 Å². The van der Waals surface area contributed by atoms with E-state index in [1.165, 1.54) is 29.8 Å². The fraction of sp³-hybridized carbons (Fsp3) is 0.238. The number of unbranched alkanes of at least 4 members (excludes halogenated alkanes) is 1. The lowest BCUT2D eigenvalue weighted by Crippen LogP contribution is -2.20. The number of halogens is 1. The first-order chi connectivity index (χ1) is 12.6. The Labute approximate surface area is 151 Å². The molecule has 0 atom stereocenters. The number of nitrogens with zero attached hydrogens (tertiary/aromatic N) is 1. The van der Waals surface area contributed by atoms with Gasteiger partial charge in [-0.3, -0.25) is 9.59 Å². The highest BCUT2D eigenvalue weighted by Crippen LogP contribution is 2.14. The molecule has 2 aromatic carbocycles. The van der Waals surface area contributed by atoms with Gasteiger partial charge in [-0.15, -0.1) is 0 Å². The zero-order valence-electron chi connectivity index (χ0n) is 14.7. The topological polar surface area (TPSA) is 51.1 Å². The first kappa shape index (κ1) is 17.9. The minimum Gasteiger partial charge on any atom is -0.338 e. The maximum absolute atomic E-state index is 13.4. The van der Waals surface area contributed by atoms with Crippen molar-refractivity contribution in [2.75, 3.05) is 5.32 Å². The molecule has 26 heavy (non-hydrogen) atoms. The minimum absolute atomic E-state index is 0.0417. The first-order valence-corrected chi connectivity index (χ1v) is 8.74. The minimum atomic E-state index is -0.472. The molecule has 1 N–H and O–H groups in total. The molecule has 1 heterocycles. The molecule has 0 aliphatic rings. The molecule has 0 aliphatic heterocycles. The lowest BCUT2D eigenvalue weighted by molar-refractivity contribution is -0.116. The number of pyridine rings is 1. The number of nitrogens with one attached hydrogen (secondary N) is 1. The van der Waals surface area contributed by atoms with Gasteiger partial charge in [0, 0.05) is 23.3 Å². The number of amides is 1. The molecule has 0 aliphatic carbocycles. The summed E-state index contributed by atoms with van der Waals surface area (Å²) in [6.07, 6.45) is 4.88. The predicted molar refractivity (Wildman–Crippen MR) is 102 cm³/mol. The van der Waals surface area contributed by atoms with Crippen LogP contribution in [0.25, 0.3) is 10.9 Å². The van der Waals surface area contributed by atoms with Gasteiger partial charge in [0.05, 0.1) is 5.52 Å². The van der Waals surface area contributed by atoms with Crippen LogP contribution in [0.4, 0.5) is 10.1 Å². The molecule has 4 nitrogen and oxygen atoms in total. The summed E-state index contributed by atoms with van der Waals surface area (Å²) in [5, 5.41) is 3.12. The summed E-state index contributed by atoms with van der Waals surface area (Å²) in [6.45, 7) is 2.20. The SMILES string of the molecule is CCCCc1ccc(NC(=O)Cn2ccc(=O)c3cc(F)ccc32)cc1. The fourth-order valence-electron chi connectivity index (χ4n) is 2.91. The third kappa shape index (κ3) is 4.17. The Bertz CT molecular complexity index is 977. The molecule has 0 fully saturated rings. The molecule has 1 amide bonds. The van der Waals surface area contributed by atoms with Gasteiger partial charge in [0.15, 0.2) is 5.43 Å². The van der Waals surface area contributed by atoms with Crippen molar-refractivity contribution >= 4 is 22.5 Å². The largest absolute Gasteiger partial charge is 0.338 e. The van der Waals surface area contributed by atoms with E-state index in [4.69, 9.17) is 0 Å². The monoisotopic (exact) mass is 352 g/mol. The standard InChI is InChI=1S/C21H21FN2O2/c1-2-3-4-15-5-8-17(9-6-15)23-21(26)14-24-12-11-20(25)18-13-16(22)7-10-19(18)24/h5-13H,2-4,14H2,1H3,(H,23,26). The summed E-state index contributed by atoms with van der Waals surface area (Å²) in [5.41, 5.74) is 2.24. The molecule has 0 spiro atoms. The van der Waals surface area contributed by atoms with Crippen molar-refractivity contribution in [3.63, 3.8) is 0 Å². The van der Waals surface area contributed by atoms with Crippen LogP contribution in [0.2, 0.25) is 0 Å². The van der Waals surface area contributed by atoms with Crippen LogP contribution in [-0.4, -0.2) is 10.5 Å². The summed E-state index contributed by atoms with van der Waals surface area (Å²) in [5.74, 6) is -0.680. The van der Waals surface area contributed by atoms with Crippen LogP contribution in [0.3, 0.4) is 0 Å². The summed E-state index contributed by atoms with van der Waals surface area (Å²) in [7, 11) is 0. The lowest BCUT2D eigenvalue weighted by Gasteiger charge is -2.11. The van der Waals surface area contributed by atoms with E-state index in [0.29, 0.717) is 5.52 Å². The van der Waals surface area contributed by atoms with Gasteiger partial charge < -0.3 is 9.88 Å². The number of carbonyl (C=O) groups excluding carboxylic acids is 1. The summed E-state index contributed by atoms with van der Waals surface area (Å²) in [4.78, 5) is 24.2. The Morgan fingerprint density at radius 2 is 1.88 bits per heavy atom. The van der Waals surface area contributed by atoms with Crippen LogP contribution in [0, 0.1) is 5.82 Å². The quantitative estimate of drug-likeness (QED) is 0.725. The zero-order chi connectivity index (χ0) is 18.5. The van der Waals surface area contributed by atoms with E-state index < -0.39 is 5.82 Å². The highest BCUT2D eigenvalue weighted by atomic mass is 19.1. The smallest absolute Gasteiger partial charge is 0.244 e. The molecule has 3 aromatic rings. The number of anilines is 1. The van der Waals surface area contributed by atoms with Crippen molar-refractivity contribution in [1.29, 1.82) is 0 Å². The van der Waals surface area contributed by atoms with Crippen molar-refractivity contribution in [1.82, 2.24) is 4.57 Å². The molecular formula is C21H21FN2O2. The number of aryl methyl sites for hydroxylation is 1. The summed E-state index contributed by atoms with van der Waals surface area (Å²) < 4.78 is 15.0. The second kappa shape index (κ2) is 7.95. The Morgan fingerprint density at radius 3 is 2.62 bits per heavy atom. The number of carbonyl (C=O) groups is 1. The zero-order valence-corrected chi connectivity index (χ0v) is 14.7. The summed E-state index contributed by atoms with van der Waals surface area (Å²) in [6, 6.07) is 13.2. The molecule has 5 heteroatoms. The van der Waals surface area contributed by atoms with Gasteiger partial charge in [0.25, 0.3) is 0 Å². The molecule has 0 unspecified atom stereocenters. The van der Waals surface area contributed by atoms with Crippen LogP contribution in [0.15, 0.2) is 59.5 Å². The fourth-order valence-corrected chi connectivity index (χ4v) is 2.91. The van der Waals surface area contributed by atoms with E-state index in [-0.39, 0.29) is 23.3 Å². The molecular weight excluding hydrogens is 331 g/mol. The average Bonchev–Trinajstić information content (AvgIpc) is 2.63. The predicted octanol–water partition coefficient (Wildman–Crippen LogP) is 4.12. The number of hydrogen-bond donors (Lipinski definition) is 1. The van der Waals surface area contributed by atoms with Gasteiger partial charge in [-0.1, -0.05) is 25.5 Å². The second-order valence-electron chi connectivity index (χ2n) is 6.32. The maximum atomic E-state index is 13.4. The van der Waals surface area contributed by atoms with Crippen LogP contribution < -0.4 is 10.7 Å². The molecule has 0 bridgehead atoms. The Balaban J connectivity index is 1.73. The number of benzene rings is 2. The van der Waals surface area contributed by atoms with Crippen LogP contribution in [0.5, 0.6) is 0 Å². The normalized spacial score (nSPS) is 10.8. The Hall–Kier alpha value is -2.95. The van der Waals surface area contributed by atoms with Gasteiger partial charge in [-0.25, -0.2) is 4.39 Å². The van der Waals surface area contributed by atoms with E-state index in [2.05, 4.69) is 12.2 Å². The maximum Gasteiger partial charge on any atom is 0.244 e. The van der Waals surface area contributed by atoms with Crippen molar-refractivity contribution in [3.05, 3.63) is 76.3 Å². The second-order valence-corrected chi connectivity index (χ2v) is 6.32. The molecule has 0 saturated carbocycles. The van der Waals surface area contributed by atoms with E-state index in [1.54, 1.807) is 10.8 Å². The molecule has 134 valence electrons. The molecule has 1 aromatic heterocycles. The van der Waals surface area contributed by atoms with Crippen molar-refractivity contribution in [3.8, 4) is 0 Å². The number of rotatable bonds is 6. The number of fused-ring (bicyclic) bond motifs is 1. The summed E-state index contributed by atoms with van der Waals surface area (Å²) >= 11 is 0. The first-order valence-electron chi connectivity index (χ1n) is 8.74. The Morgan fingerprint density at radius 1 is 1.12 bits per heavy atom.